The molecule has 0 saturated heterocycles. The summed E-state index contributed by atoms with van der Waals surface area (Å²) in [5.74, 6) is 0. The van der Waals surface area contributed by atoms with Crippen molar-refractivity contribution < 1.29 is 0 Å². The summed E-state index contributed by atoms with van der Waals surface area (Å²) in [4.78, 5) is 2.49. The topological polar surface area (TPSA) is 15.3 Å². The van der Waals surface area contributed by atoms with Crippen molar-refractivity contribution in [2.45, 2.75) is 52.1 Å². The van der Waals surface area contributed by atoms with Gasteiger partial charge in [-0.15, -0.1) is 0 Å². The van der Waals surface area contributed by atoms with Gasteiger partial charge in [0.05, 0.1) is 0 Å². The number of benzene rings is 1. The molecule has 0 unspecified atom stereocenters. The van der Waals surface area contributed by atoms with E-state index in [2.05, 4.69) is 65.2 Å². The average Bonchev–Trinajstić information content (AvgIpc) is 2.40. The molecule has 1 aliphatic rings. The third-order valence-electron chi connectivity index (χ3n) is 4.65. The summed E-state index contributed by atoms with van der Waals surface area (Å²) in [5.41, 5.74) is 3.27. The number of hydrogen-bond acceptors (Lipinski definition) is 2. The molecule has 2 nitrogen and oxygen atoms in total. The molecule has 0 spiro atoms. The highest BCUT2D eigenvalue weighted by Gasteiger charge is 2.29. The summed E-state index contributed by atoms with van der Waals surface area (Å²) in [6.45, 7) is 5.72. The van der Waals surface area contributed by atoms with E-state index >= 15 is 0 Å². The zero-order valence-electron chi connectivity index (χ0n) is 13.2. The highest BCUT2D eigenvalue weighted by Crippen LogP contribution is 2.38. The Morgan fingerprint density at radius 3 is 2.55 bits per heavy atom. The first kappa shape index (κ1) is 15.8. The standard InChI is InChI=1S/C17H27BrN2/c1-17(2)9-7-15(8-10-17)20(4)16-11-14(18)6-5-13(16)12-19-3/h5-6,11,15,19H,7-10,12H2,1-4H3. The van der Waals surface area contributed by atoms with Crippen LogP contribution in [0.4, 0.5) is 5.69 Å². The first-order chi connectivity index (χ1) is 9.43. The molecule has 2 rings (SSSR count). The van der Waals surface area contributed by atoms with Crippen molar-refractivity contribution in [2.24, 2.45) is 5.41 Å². The second kappa shape index (κ2) is 6.48. The van der Waals surface area contributed by atoms with Crippen molar-refractivity contribution in [3.05, 3.63) is 28.2 Å². The molecule has 1 fully saturated rings. The van der Waals surface area contributed by atoms with E-state index in [0.717, 1.165) is 11.0 Å². The predicted octanol–water partition coefficient (Wildman–Crippen LogP) is 4.57. The molecular formula is C17H27BrN2. The Morgan fingerprint density at radius 1 is 1.30 bits per heavy atom. The van der Waals surface area contributed by atoms with Gasteiger partial charge in [-0.3, -0.25) is 0 Å². The minimum atomic E-state index is 0.530. The fraction of sp³-hybridized carbons (Fsp3) is 0.647. The van der Waals surface area contributed by atoms with Crippen LogP contribution >= 0.6 is 15.9 Å². The Balaban J connectivity index is 2.16. The summed E-state index contributed by atoms with van der Waals surface area (Å²) < 4.78 is 1.16. The van der Waals surface area contributed by atoms with E-state index in [1.165, 1.54) is 36.9 Å². The first-order valence-electron chi connectivity index (χ1n) is 7.59. The van der Waals surface area contributed by atoms with Crippen LogP contribution in [0.25, 0.3) is 0 Å². The first-order valence-corrected chi connectivity index (χ1v) is 8.38. The van der Waals surface area contributed by atoms with Crippen molar-refractivity contribution >= 4 is 21.6 Å². The second-order valence-corrected chi connectivity index (χ2v) is 7.73. The molecular weight excluding hydrogens is 312 g/mol. The lowest BCUT2D eigenvalue weighted by Gasteiger charge is -2.40. The summed E-state index contributed by atoms with van der Waals surface area (Å²) in [7, 11) is 4.26. The molecule has 112 valence electrons. The molecule has 3 heteroatoms. The zero-order chi connectivity index (χ0) is 14.8. The number of nitrogens with one attached hydrogen (secondary N) is 1. The van der Waals surface area contributed by atoms with Gasteiger partial charge in [0.15, 0.2) is 0 Å². The van der Waals surface area contributed by atoms with Crippen LogP contribution in [0.5, 0.6) is 0 Å². The quantitative estimate of drug-likeness (QED) is 0.864. The minimum absolute atomic E-state index is 0.530. The summed E-state index contributed by atoms with van der Waals surface area (Å²) in [6.07, 6.45) is 5.26. The van der Waals surface area contributed by atoms with Crippen LogP contribution in [0.15, 0.2) is 22.7 Å². The average molecular weight is 339 g/mol. The van der Waals surface area contributed by atoms with Crippen LogP contribution < -0.4 is 10.2 Å². The Morgan fingerprint density at radius 2 is 1.95 bits per heavy atom. The molecule has 1 aliphatic carbocycles. The number of hydrogen-bond donors (Lipinski definition) is 1. The van der Waals surface area contributed by atoms with Crippen LogP contribution in [0.3, 0.4) is 0 Å². The normalized spacial score (nSPS) is 19.1. The van der Waals surface area contributed by atoms with Gasteiger partial charge in [-0.25, -0.2) is 0 Å². The van der Waals surface area contributed by atoms with Crippen molar-refractivity contribution in [3.8, 4) is 0 Å². The Hall–Kier alpha value is -0.540. The van der Waals surface area contributed by atoms with Gasteiger partial charge in [-0.2, -0.15) is 0 Å². The van der Waals surface area contributed by atoms with Crippen molar-refractivity contribution in [2.75, 3.05) is 19.0 Å². The molecule has 1 N–H and O–H groups in total. The van der Waals surface area contributed by atoms with Crippen LogP contribution in [-0.4, -0.2) is 20.1 Å². The van der Waals surface area contributed by atoms with Crippen LogP contribution in [0.1, 0.15) is 45.1 Å². The van der Waals surface area contributed by atoms with Gasteiger partial charge in [-0.05, 0) is 55.8 Å². The monoisotopic (exact) mass is 338 g/mol. The van der Waals surface area contributed by atoms with E-state index in [-0.39, 0.29) is 0 Å². The number of halogens is 1. The van der Waals surface area contributed by atoms with Crippen molar-refractivity contribution in [3.63, 3.8) is 0 Å². The minimum Gasteiger partial charge on any atom is -0.371 e. The third-order valence-corrected chi connectivity index (χ3v) is 5.14. The lowest BCUT2D eigenvalue weighted by molar-refractivity contribution is 0.222. The highest BCUT2D eigenvalue weighted by molar-refractivity contribution is 9.10. The zero-order valence-corrected chi connectivity index (χ0v) is 14.8. The van der Waals surface area contributed by atoms with Crippen LogP contribution in [0, 0.1) is 5.41 Å². The van der Waals surface area contributed by atoms with E-state index in [4.69, 9.17) is 0 Å². The van der Waals surface area contributed by atoms with E-state index in [1.807, 2.05) is 7.05 Å². The summed E-state index contributed by atoms with van der Waals surface area (Å²) in [6, 6.07) is 7.28. The molecule has 20 heavy (non-hydrogen) atoms. The molecule has 0 amide bonds. The van der Waals surface area contributed by atoms with E-state index in [9.17, 15) is 0 Å². The van der Waals surface area contributed by atoms with Gasteiger partial charge >= 0.3 is 0 Å². The molecule has 0 radical (unpaired) electrons. The smallest absolute Gasteiger partial charge is 0.0423 e. The van der Waals surface area contributed by atoms with E-state index in [0.29, 0.717) is 11.5 Å². The lowest BCUT2D eigenvalue weighted by Crippen LogP contribution is -2.37. The SMILES string of the molecule is CNCc1ccc(Br)cc1N(C)C1CCC(C)(C)CC1. The molecule has 0 aliphatic heterocycles. The van der Waals surface area contributed by atoms with Crippen molar-refractivity contribution in [1.29, 1.82) is 0 Å². The van der Waals surface area contributed by atoms with E-state index < -0.39 is 0 Å². The fourth-order valence-electron chi connectivity index (χ4n) is 3.17. The van der Waals surface area contributed by atoms with Gasteiger partial charge in [0.25, 0.3) is 0 Å². The number of nitrogens with zero attached hydrogens (tertiary/aromatic N) is 1. The molecule has 1 aromatic rings. The van der Waals surface area contributed by atoms with Crippen molar-refractivity contribution in [1.82, 2.24) is 5.32 Å². The predicted molar refractivity (Wildman–Crippen MR) is 91.3 cm³/mol. The van der Waals surface area contributed by atoms with Gasteiger partial charge < -0.3 is 10.2 Å². The van der Waals surface area contributed by atoms with E-state index in [1.54, 1.807) is 0 Å². The Labute approximate surface area is 132 Å². The second-order valence-electron chi connectivity index (χ2n) is 6.81. The maximum atomic E-state index is 3.61. The number of rotatable bonds is 4. The Kier molecular flexibility index (Phi) is 5.14. The Bertz CT molecular complexity index is 446. The highest BCUT2D eigenvalue weighted by atomic mass is 79.9. The van der Waals surface area contributed by atoms with Gasteiger partial charge in [-0.1, -0.05) is 35.8 Å². The van der Waals surface area contributed by atoms with Crippen LogP contribution in [0.2, 0.25) is 0 Å². The lowest BCUT2D eigenvalue weighted by atomic mass is 9.75. The van der Waals surface area contributed by atoms with Gasteiger partial charge in [0.2, 0.25) is 0 Å². The molecule has 1 saturated carbocycles. The summed E-state index contributed by atoms with van der Waals surface area (Å²) >= 11 is 3.61. The third kappa shape index (κ3) is 3.76. The van der Waals surface area contributed by atoms with Crippen LogP contribution in [-0.2, 0) is 6.54 Å². The van der Waals surface area contributed by atoms with Gasteiger partial charge in [0.1, 0.15) is 0 Å². The van der Waals surface area contributed by atoms with Gasteiger partial charge in [0, 0.05) is 29.8 Å². The molecule has 0 aromatic heterocycles. The molecule has 0 atom stereocenters. The summed E-state index contributed by atoms with van der Waals surface area (Å²) in [5, 5.41) is 3.27. The fourth-order valence-corrected chi connectivity index (χ4v) is 3.52. The maximum Gasteiger partial charge on any atom is 0.0423 e. The molecule has 0 heterocycles. The number of anilines is 1. The maximum absolute atomic E-state index is 3.61. The molecule has 1 aromatic carbocycles. The largest absolute Gasteiger partial charge is 0.371 e. The molecule has 0 bridgehead atoms.